The van der Waals surface area contributed by atoms with Gasteiger partial charge >= 0.3 is 0 Å². The fraction of sp³-hybridized carbons (Fsp3) is 0.235. The van der Waals surface area contributed by atoms with Gasteiger partial charge in [-0.05, 0) is 42.8 Å². The first-order valence-electron chi connectivity index (χ1n) is 7.45. The molecule has 6 heteroatoms. The minimum atomic E-state index is -0.241. The van der Waals surface area contributed by atoms with E-state index in [0.29, 0.717) is 17.9 Å². The van der Waals surface area contributed by atoms with Gasteiger partial charge in [-0.1, -0.05) is 0 Å². The fourth-order valence-electron chi connectivity index (χ4n) is 2.42. The summed E-state index contributed by atoms with van der Waals surface area (Å²) in [7, 11) is 0. The standard InChI is InChI=1S/C17H17N3O3/c21-16(19-13-7-9-18-10-8-13)12-23-15-5-3-14(4-6-15)20-11-1-2-17(20)22/h3-10H,1-2,11-12H2,(H,18,19,21). The maximum absolute atomic E-state index is 11.8. The van der Waals surface area contributed by atoms with Crippen LogP contribution in [0.3, 0.4) is 0 Å². The smallest absolute Gasteiger partial charge is 0.262 e. The van der Waals surface area contributed by atoms with Crippen molar-refractivity contribution in [2.45, 2.75) is 12.8 Å². The van der Waals surface area contributed by atoms with Gasteiger partial charge in [0.2, 0.25) is 5.91 Å². The Morgan fingerprint density at radius 2 is 1.91 bits per heavy atom. The molecule has 1 aliphatic rings. The third kappa shape index (κ3) is 3.85. The van der Waals surface area contributed by atoms with E-state index in [1.54, 1.807) is 41.6 Å². The van der Waals surface area contributed by atoms with Crippen LogP contribution in [0.15, 0.2) is 48.8 Å². The van der Waals surface area contributed by atoms with Gasteiger partial charge in [0.05, 0.1) is 0 Å². The number of hydrogen-bond donors (Lipinski definition) is 1. The highest BCUT2D eigenvalue weighted by Gasteiger charge is 2.21. The highest BCUT2D eigenvalue weighted by molar-refractivity contribution is 5.95. The Morgan fingerprint density at radius 3 is 2.57 bits per heavy atom. The van der Waals surface area contributed by atoms with Crippen molar-refractivity contribution < 1.29 is 14.3 Å². The number of nitrogens with one attached hydrogen (secondary N) is 1. The zero-order chi connectivity index (χ0) is 16.1. The molecule has 1 N–H and O–H groups in total. The summed E-state index contributed by atoms with van der Waals surface area (Å²) in [5, 5.41) is 2.72. The number of carbonyl (C=O) groups is 2. The summed E-state index contributed by atoms with van der Waals surface area (Å²) in [4.78, 5) is 29.1. The normalized spacial score (nSPS) is 13.9. The molecule has 0 spiro atoms. The van der Waals surface area contributed by atoms with Gasteiger partial charge in [0, 0.05) is 36.7 Å². The van der Waals surface area contributed by atoms with Crippen molar-refractivity contribution in [1.82, 2.24) is 4.98 Å². The molecule has 1 fully saturated rings. The van der Waals surface area contributed by atoms with E-state index in [9.17, 15) is 9.59 Å². The van der Waals surface area contributed by atoms with Gasteiger partial charge in [-0.15, -0.1) is 0 Å². The summed E-state index contributed by atoms with van der Waals surface area (Å²) in [6, 6.07) is 10.6. The molecule has 3 rings (SSSR count). The van der Waals surface area contributed by atoms with Crippen LogP contribution in [0.2, 0.25) is 0 Å². The van der Waals surface area contributed by atoms with Crippen LogP contribution >= 0.6 is 0 Å². The number of carbonyl (C=O) groups excluding carboxylic acids is 2. The first-order chi connectivity index (χ1) is 11.2. The van der Waals surface area contributed by atoms with Crippen molar-refractivity contribution in [3.05, 3.63) is 48.8 Å². The Hall–Kier alpha value is -2.89. The second kappa shape index (κ2) is 6.91. The van der Waals surface area contributed by atoms with Crippen LogP contribution < -0.4 is 15.0 Å². The molecule has 6 nitrogen and oxygen atoms in total. The lowest BCUT2D eigenvalue weighted by molar-refractivity contribution is -0.118. The van der Waals surface area contributed by atoms with Crippen LogP contribution in [0.1, 0.15) is 12.8 Å². The number of aromatic nitrogens is 1. The number of anilines is 2. The summed E-state index contributed by atoms with van der Waals surface area (Å²) >= 11 is 0. The number of rotatable bonds is 5. The zero-order valence-electron chi connectivity index (χ0n) is 12.6. The van der Waals surface area contributed by atoms with Crippen LogP contribution in [0.5, 0.6) is 5.75 Å². The fourth-order valence-corrected chi connectivity index (χ4v) is 2.42. The summed E-state index contributed by atoms with van der Waals surface area (Å²) in [6.45, 7) is 0.678. The molecule has 0 atom stereocenters. The van der Waals surface area contributed by atoms with Gasteiger partial charge < -0.3 is 15.0 Å². The molecular weight excluding hydrogens is 294 g/mol. The van der Waals surface area contributed by atoms with E-state index in [1.807, 2.05) is 12.1 Å². The molecular formula is C17H17N3O3. The molecule has 1 saturated heterocycles. The highest BCUT2D eigenvalue weighted by Crippen LogP contribution is 2.23. The van der Waals surface area contributed by atoms with E-state index >= 15 is 0 Å². The van der Waals surface area contributed by atoms with E-state index < -0.39 is 0 Å². The number of nitrogens with zero attached hydrogens (tertiary/aromatic N) is 2. The van der Waals surface area contributed by atoms with E-state index in [0.717, 1.165) is 18.7 Å². The van der Waals surface area contributed by atoms with Gasteiger partial charge in [-0.25, -0.2) is 0 Å². The highest BCUT2D eigenvalue weighted by atomic mass is 16.5. The van der Waals surface area contributed by atoms with Crippen molar-refractivity contribution in [2.24, 2.45) is 0 Å². The van der Waals surface area contributed by atoms with E-state index in [1.165, 1.54) is 0 Å². The molecule has 1 aromatic heterocycles. The van der Waals surface area contributed by atoms with Crippen LogP contribution in [-0.2, 0) is 9.59 Å². The molecule has 2 amide bonds. The van der Waals surface area contributed by atoms with Gasteiger partial charge in [-0.2, -0.15) is 0 Å². The van der Waals surface area contributed by atoms with Gasteiger partial charge in [0.1, 0.15) is 5.75 Å². The Labute approximate surface area is 134 Å². The van der Waals surface area contributed by atoms with Crippen LogP contribution in [0, 0.1) is 0 Å². The molecule has 118 valence electrons. The third-order valence-electron chi connectivity index (χ3n) is 3.56. The molecule has 1 aliphatic heterocycles. The number of ether oxygens (including phenoxy) is 1. The Bertz CT molecular complexity index is 686. The van der Waals surface area contributed by atoms with Crippen LogP contribution in [0.25, 0.3) is 0 Å². The summed E-state index contributed by atoms with van der Waals surface area (Å²) in [5.41, 5.74) is 1.54. The topological polar surface area (TPSA) is 71.5 Å². The SMILES string of the molecule is O=C(COc1ccc(N2CCCC2=O)cc1)Nc1ccncc1. The predicted molar refractivity (Wildman–Crippen MR) is 86.4 cm³/mol. The van der Waals surface area contributed by atoms with E-state index in [-0.39, 0.29) is 18.4 Å². The van der Waals surface area contributed by atoms with Gasteiger partial charge in [-0.3, -0.25) is 14.6 Å². The zero-order valence-corrected chi connectivity index (χ0v) is 12.6. The number of pyridine rings is 1. The second-order valence-electron chi connectivity index (χ2n) is 5.22. The number of benzene rings is 1. The Morgan fingerprint density at radius 1 is 1.17 bits per heavy atom. The van der Waals surface area contributed by atoms with Gasteiger partial charge in [0.25, 0.3) is 5.91 Å². The molecule has 1 aromatic carbocycles. The summed E-state index contributed by atoms with van der Waals surface area (Å²) in [5.74, 6) is 0.496. The maximum atomic E-state index is 11.8. The molecule has 23 heavy (non-hydrogen) atoms. The number of amides is 2. The van der Waals surface area contributed by atoms with Crippen molar-refractivity contribution in [3.8, 4) is 5.75 Å². The third-order valence-corrected chi connectivity index (χ3v) is 3.56. The largest absolute Gasteiger partial charge is 0.484 e. The minimum Gasteiger partial charge on any atom is -0.484 e. The van der Waals surface area contributed by atoms with Crippen molar-refractivity contribution >= 4 is 23.2 Å². The lowest BCUT2D eigenvalue weighted by Crippen LogP contribution is -2.23. The average molecular weight is 311 g/mol. The van der Waals surface area contributed by atoms with Crippen LogP contribution in [0.4, 0.5) is 11.4 Å². The molecule has 0 radical (unpaired) electrons. The summed E-state index contributed by atoms with van der Waals surface area (Å²) < 4.78 is 5.45. The molecule has 2 aromatic rings. The first-order valence-corrected chi connectivity index (χ1v) is 7.45. The minimum absolute atomic E-state index is 0.0791. The molecule has 0 unspecified atom stereocenters. The van der Waals surface area contributed by atoms with E-state index in [4.69, 9.17) is 4.74 Å². The van der Waals surface area contributed by atoms with Crippen molar-refractivity contribution in [3.63, 3.8) is 0 Å². The molecule has 0 bridgehead atoms. The maximum Gasteiger partial charge on any atom is 0.262 e. The van der Waals surface area contributed by atoms with E-state index in [2.05, 4.69) is 10.3 Å². The molecule has 0 aliphatic carbocycles. The molecule has 2 heterocycles. The lowest BCUT2D eigenvalue weighted by atomic mass is 10.3. The monoisotopic (exact) mass is 311 g/mol. The quantitative estimate of drug-likeness (QED) is 0.919. The average Bonchev–Trinajstić information content (AvgIpc) is 3.00. The second-order valence-corrected chi connectivity index (χ2v) is 5.22. The number of hydrogen-bond acceptors (Lipinski definition) is 4. The first kappa shape index (κ1) is 15.0. The van der Waals surface area contributed by atoms with Crippen molar-refractivity contribution in [1.29, 1.82) is 0 Å². The van der Waals surface area contributed by atoms with Crippen molar-refractivity contribution in [2.75, 3.05) is 23.4 Å². The van der Waals surface area contributed by atoms with Crippen LogP contribution in [-0.4, -0.2) is 29.9 Å². The summed E-state index contributed by atoms with van der Waals surface area (Å²) in [6.07, 6.45) is 4.71. The lowest BCUT2D eigenvalue weighted by Gasteiger charge is -2.16. The van der Waals surface area contributed by atoms with Gasteiger partial charge in [0.15, 0.2) is 6.61 Å². The predicted octanol–water partition coefficient (Wildman–Crippen LogP) is 2.23. The Kier molecular flexibility index (Phi) is 4.52. The Balaban J connectivity index is 1.52. The molecule has 0 saturated carbocycles.